The average Bonchev–Trinajstić information content (AvgIpc) is 2.15. The van der Waals surface area contributed by atoms with Gasteiger partial charge in [0.1, 0.15) is 0 Å². The Morgan fingerprint density at radius 1 is 1.00 bits per heavy atom. The van der Waals surface area contributed by atoms with E-state index in [1.807, 2.05) is 18.2 Å². The summed E-state index contributed by atoms with van der Waals surface area (Å²) in [6.07, 6.45) is 15.9. The summed E-state index contributed by atoms with van der Waals surface area (Å²) in [5.74, 6) is -0.673. The molecule has 0 saturated carbocycles. The number of hydrogen-bond acceptors (Lipinski definition) is 2. The van der Waals surface area contributed by atoms with E-state index in [4.69, 9.17) is 10.2 Å². The highest BCUT2D eigenvalue weighted by Gasteiger charge is 1.75. The van der Waals surface area contributed by atoms with Gasteiger partial charge in [0.25, 0.3) is 5.95 Å². The molecule has 0 bridgehead atoms. The van der Waals surface area contributed by atoms with Crippen LogP contribution in [0.1, 0.15) is 26.2 Å². The fourth-order valence-corrected chi connectivity index (χ4v) is 0.831. The molecule has 0 heterocycles. The van der Waals surface area contributed by atoms with Crippen LogP contribution in [0.2, 0.25) is 0 Å². The first-order valence-electron chi connectivity index (χ1n) is 4.85. The smallest absolute Gasteiger partial charge is 0.274 e. The first-order valence-corrected chi connectivity index (χ1v) is 4.85. The van der Waals surface area contributed by atoms with Gasteiger partial charge in [0.05, 0.1) is 0 Å². The number of aliphatic hydroxyl groups is 2. The molecule has 0 amide bonds. The highest BCUT2D eigenvalue weighted by Crippen LogP contribution is 1.94. The second-order valence-electron chi connectivity index (χ2n) is 2.87. The first kappa shape index (κ1) is 12.6. The van der Waals surface area contributed by atoms with Gasteiger partial charge in [0.2, 0.25) is 0 Å². The van der Waals surface area contributed by atoms with Crippen molar-refractivity contribution in [3.8, 4) is 0 Å². The minimum Gasteiger partial charge on any atom is -0.481 e. The van der Waals surface area contributed by atoms with E-state index >= 15 is 0 Å². The molecule has 0 aliphatic carbocycles. The van der Waals surface area contributed by atoms with E-state index in [1.54, 1.807) is 12.2 Å². The van der Waals surface area contributed by atoms with E-state index in [9.17, 15) is 0 Å². The number of aliphatic hydroxyl groups excluding tert-OH is 1. The van der Waals surface area contributed by atoms with E-state index in [0.717, 1.165) is 6.42 Å². The van der Waals surface area contributed by atoms with E-state index in [-0.39, 0.29) is 0 Å². The third-order valence-corrected chi connectivity index (χ3v) is 1.55. The fourth-order valence-electron chi connectivity index (χ4n) is 0.831. The Hall–Kier alpha value is -1.44. The predicted molar refractivity (Wildman–Crippen MR) is 60.3 cm³/mol. The third kappa shape index (κ3) is 10.6. The lowest BCUT2D eigenvalue weighted by Crippen LogP contribution is -1.70. The van der Waals surface area contributed by atoms with E-state index in [2.05, 4.69) is 13.0 Å². The van der Waals surface area contributed by atoms with Crippen molar-refractivity contribution in [2.24, 2.45) is 0 Å². The van der Waals surface area contributed by atoms with Gasteiger partial charge in [-0.2, -0.15) is 0 Å². The van der Waals surface area contributed by atoms with Crippen LogP contribution < -0.4 is 0 Å². The molecule has 2 N–H and O–H groups in total. The SMILES string of the molecule is CCCCC=CC=CC=CC=C(O)O. The molecule has 0 aromatic rings. The quantitative estimate of drug-likeness (QED) is 0.383. The average molecular weight is 194 g/mol. The summed E-state index contributed by atoms with van der Waals surface area (Å²) in [6, 6.07) is 0. The van der Waals surface area contributed by atoms with Crippen molar-refractivity contribution in [1.29, 1.82) is 0 Å². The van der Waals surface area contributed by atoms with Crippen LogP contribution in [0.15, 0.2) is 48.5 Å². The van der Waals surface area contributed by atoms with Gasteiger partial charge in [-0.05, 0) is 6.42 Å². The van der Waals surface area contributed by atoms with E-state index in [1.165, 1.54) is 18.9 Å². The van der Waals surface area contributed by atoms with Gasteiger partial charge in [0.15, 0.2) is 0 Å². The predicted octanol–water partition coefficient (Wildman–Crippen LogP) is 3.80. The summed E-state index contributed by atoms with van der Waals surface area (Å²) in [4.78, 5) is 0. The van der Waals surface area contributed by atoms with Crippen molar-refractivity contribution >= 4 is 0 Å². The van der Waals surface area contributed by atoms with Gasteiger partial charge in [0, 0.05) is 6.08 Å². The zero-order valence-corrected chi connectivity index (χ0v) is 8.56. The molecular weight excluding hydrogens is 176 g/mol. The summed E-state index contributed by atoms with van der Waals surface area (Å²) in [5, 5.41) is 16.8. The van der Waals surface area contributed by atoms with Gasteiger partial charge in [-0.25, -0.2) is 0 Å². The molecule has 0 aromatic carbocycles. The Bertz CT molecular complexity index is 231. The lowest BCUT2D eigenvalue weighted by molar-refractivity contribution is 0.191. The number of rotatable bonds is 6. The van der Waals surface area contributed by atoms with Crippen molar-refractivity contribution in [3.05, 3.63) is 48.5 Å². The van der Waals surface area contributed by atoms with Gasteiger partial charge >= 0.3 is 0 Å². The number of allylic oxidation sites excluding steroid dienone is 7. The first-order chi connectivity index (χ1) is 6.77. The molecule has 78 valence electrons. The molecule has 0 radical (unpaired) electrons. The number of hydrogen-bond donors (Lipinski definition) is 2. The molecule has 2 nitrogen and oxygen atoms in total. The van der Waals surface area contributed by atoms with Gasteiger partial charge in [-0.3, -0.25) is 0 Å². The lowest BCUT2D eigenvalue weighted by atomic mass is 10.2. The Morgan fingerprint density at radius 3 is 2.29 bits per heavy atom. The van der Waals surface area contributed by atoms with Gasteiger partial charge in [-0.1, -0.05) is 56.2 Å². The van der Waals surface area contributed by atoms with Gasteiger partial charge in [-0.15, -0.1) is 0 Å². The monoisotopic (exact) mass is 194 g/mol. The molecule has 0 rings (SSSR count). The van der Waals surface area contributed by atoms with E-state index < -0.39 is 5.95 Å². The minimum absolute atomic E-state index is 0.673. The van der Waals surface area contributed by atoms with Crippen LogP contribution >= 0.6 is 0 Å². The molecular formula is C12H18O2. The second kappa shape index (κ2) is 9.65. The Labute approximate surface area is 85.6 Å². The minimum atomic E-state index is -0.673. The zero-order chi connectivity index (χ0) is 10.6. The third-order valence-electron chi connectivity index (χ3n) is 1.55. The molecule has 2 heteroatoms. The van der Waals surface area contributed by atoms with Crippen molar-refractivity contribution in [3.63, 3.8) is 0 Å². The Kier molecular flexibility index (Phi) is 8.65. The molecule has 0 aliphatic rings. The maximum atomic E-state index is 8.38. The van der Waals surface area contributed by atoms with Crippen molar-refractivity contribution in [2.75, 3.05) is 0 Å². The highest BCUT2D eigenvalue weighted by atomic mass is 16.5. The van der Waals surface area contributed by atoms with Crippen molar-refractivity contribution in [1.82, 2.24) is 0 Å². The zero-order valence-electron chi connectivity index (χ0n) is 8.56. The molecule has 0 aliphatic heterocycles. The molecule has 14 heavy (non-hydrogen) atoms. The molecule has 0 aromatic heterocycles. The van der Waals surface area contributed by atoms with Gasteiger partial charge < -0.3 is 10.2 Å². The second-order valence-corrected chi connectivity index (χ2v) is 2.87. The summed E-state index contributed by atoms with van der Waals surface area (Å²) < 4.78 is 0. The number of unbranched alkanes of at least 4 members (excludes halogenated alkanes) is 2. The topological polar surface area (TPSA) is 40.5 Å². The van der Waals surface area contributed by atoms with Crippen LogP contribution in [0.5, 0.6) is 0 Å². The molecule has 0 unspecified atom stereocenters. The van der Waals surface area contributed by atoms with Crippen LogP contribution in [0, 0.1) is 0 Å². The van der Waals surface area contributed by atoms with Crippen LogP contribution in [-0.4, -0.2) is 10.2 Å². The molecule has 0 saturated heterocycles. The summed E-state index contributed by atoms with van der Waals surface area (Å²) in [7, 11) is 0. The van der Waals surface area contributed by atoms with Crippen LogP contribution in [0.25, 0.3) is 0 Å². The maximum absolute atomic E-state index is 8.38. The largest absolute Gasteiger partial charge is 0.481 e. The summed E-state index contributed by atoms with van der Waals surface area (Å²) >= 11 is 0. The van der Waals surface area contributed by atoms with Crippen LogP contribution in [-0.2, 0) is 0 Å². The standard InChI is InChI=1S/C12H18O2/c1-2-3-4-5-6-7-8-9-10-11-12(13)14/h5-11,13-14H,2-4H2,1H3. The fraction of sp³-hybridized carbons (Fsp3) is 0.333. The molecule has 0 fully saturated rings. The molecule has 0 atom stereocenters. The van der Waals surface area contributed by atoms with Crippen LogP contribution in [0.4, 0.5) is 0 Å². The lowest BCUT2D eigenvalue weighted by Gasteiger charge is -1.85. The Balaban J connectivity index is 3.58. The molecule has 0 spiro atoms. The Morgan fingerprint density at radius 2 is 1.64 bits per heavy atom. The van der Waals surface area contributed by atoms with Crippen LogP contribution in [0.3, 0.4) is 0 Å². The maximum Gasteiger partial charge on any atom is 0.274 e. The highest BCUT2D eigenvalue weighted by molar-refractivity contribution is 5.15. The van der Waals surface area contributed by atoms with Crippen molar-refractivity contribution < 1.29 is 10.2 Å². The van der Waals surface area contributed by atoms with E-state index in [0.29, 0.717) is 0 Å². The summed E-state index contributed by atoms with van der Waals surface area (Å²) in [6.45, 7) is 2.17. The summed E-state index contributed by atoms with van der Waals surface area (Å²) in [5.41, 5.74) is 0. The normalized spacial score (nSPS) is 11.8. The van der Waals surface area contributed by atoms with Crippen molar-refractivity contribution in [2.45, 2.75) is 26.2 Å².